The number of rotatable bonds is 2. The molecule has 0 radical (unpaired) electrons. The summed E-state index contributed by atoms with van der Waals surface area (Å²) in [5.74, 6) is 1.93. The summed E-state index contributed by atoms with van der Waals surface area (Å²) in [6.45, 7) is 10.3. The van der Waals surface area contributed by atoms with Crippen LogP contribution in [-0.4, -0.2) is 31.6 Å². The molecule has 0 bridgehead atoms. The van der Waals surface area contributed by atoms with Gasteiger partial charge in [0.2, 0.25) is 0 Å². The number of hydrogen-bond donors (Lipinski definition) is 0. The van der Waals surface area contributed by atoms with E-state index in [1.165, 1.54) is 36.4 Å². The van der Waals surface area contributed by atoms with Gasteiger partial charge in [0.1, 0.15) is 5.75 Å². The lowest BCUT2D eigenvalue weighted by molar-refractivity contribution is -0.601. The molecule has 1 aliphatic carbocycles. The van der Waals surface area contributed by atoms with Crippen LogP contribution in [0.25, 0.3) is 0 Å². The Morgan fingerprint density at radius 2 is 1.90 bits per heavy atom. The van der Waals surface area contributed by atoms with Crippen molar-refractivity contribution in [2.45, 2.75) is 58.3 Å². The minimum atomic E-state index is -1.35. The van der Waals surface area contributed by atoms with Crippen LogP contribution in [0.2, 0.25) is 19.6 Å². The lowest BCUT2D eigenvalue weighted by Gasteiger charge is -2.29. The van der Waals surface area contributed by atoms with E-state index < -0.39 is 8.07 Å². The van der Waals surface area contributed by atoms with Crippen LogP contribution in [0.1, 0.15) is 38.2 Å². The van der Waals surface area contributed by atoms with Gasteiger partial charge in [0.25, 0.3) is 6.73 Å². The molecule has 1 saturated carbocycles. The molecule has 114 valence electrons. The monoisotopic (exact) mass is 302 g/mol. The van der Waals surface area contributed by atoms with Gasteiger partial charge in [-0.15, -0.1) is 0 Å². The molecule has 2 aliphatic rings. The van der Waals surface area contributed by atoms with Crippen LogP contribution >= 0.6 is 0 Å². The molecule has 1 aliphatic heterocycles. The molecule has 0 aromatic heterocycles. The van der Waals surface area contributed by atoms with Crippen LogP contribution in [0.5, 0.6) is 5.75 Å². The minimum absolute atomic E-state index is 0.655. The van der Waals surface area contributed by atoms with E-state index in [0.29, 0.717) is 6.04 Å². The van der Waals surface area contributed by atoms with Gasteiger partial charge in [-0.1, -0.05) is 45.1 Å². The van der Waals surface area contributed by atoms with Crippen molar-refractivity contribution >= 4 is 19.5 Å². The van der Waals surface area contributed by atoms with E-state index in [0.717, 1.165) is 18.4 Å². The van der Waals surface area contributed by atoms with Crippen LogP contribution in [0, 0.1) is 5.92 Å². The third-order valence-corrected chi connectivity index (χ3v) is 7.02. The number of nitrogens with zero attached hydrogens (tertiary/aromatic N) is 1. The molecule has 0 saturated heterocycles. The molecule has 0 N–H and O–H groups in total. The first kappa shape index (κ1) is 14.8. The molecule has 2 atom stereocenters. The van der Waals surface area contributed by atoms with E-state index in [1.807, 2.05) is 0 Å². The molecule has 3 heteroatoms. The van der Waals surface area contributed by atoms with E-state index in [2.05, 4.69) is 55.6 Å². The maximum absolute atomic E-state index is 6.22. The van der Waals surface area contributed by atoms with E-state index in [-0.39, 0.29) is 0 Å². The van der Waals surface area contributed by atoms with Crippen molar-refractivity contribution in [3.63, 3.8) is 0 Å². The lowest BCUT2D eigenvalue weighted by Crippen LogP contribution is -2.44. The minimum Gasteiger partial charge on any atom is -0.436 e. The normalized spacial score (nSPS) is 25.8. The molecular weight excluding hydrogens is 274 g/mol. The molecule has 2 nitrogen and oxygen atoms in total. The predicted molar refractivity (Wildman–Crippen MR) is 91.8 cm³/mol. The number of ether oxygens (including phenoxy) is 1. The molecule has 0 amide bonds. The van der Waals surface area contributed by atoms with E-state index in [1.54, 1.807) is 0 Å². The van der Waals surface area contributed by atoms with Gasteiger partial charge < -0.3 is 4.74 Å². The Balaban J connectivity index is 1.95. The summed E-state index contributed by atoms with van der Waals surface area (Å²) in [7, 11) is -1.35. The summed E-state index contributed by atoms with van der Waals surface area (Å²) >= 11 is 0. The first-order valence-corrected chi connectivity index (χ1v) is 11.8. The standard InChI is InChI=1S/C18H28NOSi/c1-14-8-5-6-10-16(14)19-12-15-9-7-11-17(21(2,3)4)18(15)20-13-19/h7,9,11-12,14,16H,5-6,8,10,13H2,1-4H3/q+1. The van der Waals surface area contributed by atoms with Gasteiger partial charge in [-0.05, 0) is 24.1 Å². The number of para-hydroxylation sites is 1. The Bertz CT molecular complexity index is 559. The summed E-state index contributed by atoms with van der Waals surface area (Å²) in [5, 5.41) is 1.45. The van der Waals surface area contributed by atoms with Crippen LogP contribution in [0.15, 0.2) is 18.2 Å². The zero-order valence-corrected chi connectivity index (χ0v) is 14.9. The largest absolute Gasteiger partial charge is 0.436 e. The highest BCUT2D eigenvalue weighted by Gasteiger charge is 2.34. The summed E-state index contributed by atoms with van der Waals surface area (Å²) < 4.78 is 8.67. The molecule has 1 aromatic carbocycles. The quantitative estimate of drug-likeness (QED) is 0.601. The van der Waals surface area contributed by atoms with Gasteiger partial charge >= 0.3 is 0 Å². The first-order chi connectivity index (χ1) is 9.97. The van der Waals surface area contributed by atoms with E-state index in [9.17, 15) is 0 Å². The zero-order chi connectivity index (χ0) is 15.0. The predicted octanol–water partition coefficient (Wildman–Crippen LogP) is 3.59. The average molecular weight is 303 g/mol. The van der Waals surface area contributed by atoms with Crippen molar-refractivity contribution in [2.75, 3.05) is 6.73 Å². The van der Waals surface area contributed by atoms with Gasteiger partial charge in [0, 0.05) is 12.3 Å². The SMILES string of the molecule is CC1CCCCC1[N+]1=Cc2cccc([Si](C)(C)C)c2OC1. The highest BCUT2D eigenvalue weighted by atomic mass is 28.3. The lowest BCUT2D eigenvalue weighted by atomic mass is 9.85. The third-order valence-electron chi connectivity index (χ3n) is 5.01. The highest BCUT2D eigenvalue weighted by molar-refractivity contribution is 6.89. The Labute approximate surface area is 129 Å². The van der Waals surface area contributed by atoms with Gasteiger partial charge in [-0.25, -0.2) is 0 Å². The second-order valence-electron chi connectivity index (χ2n) is 7.72. The van der Waals surface area contributed by atoms with Gasteiger partial charge in [-0.2, -0.15) is 4.58 Å². The molecule has 0 spiro atoms. The smallest absolute Gasteiger partial charge is 0.287 e. The molecule has 1 aromatic rings. The van der Waals surface area contributed by atoms with Crippen molar-refractivity contribution in [2.24, 2.45) is 5.92 Å². The van der Waals surface area contributed by atoms with Crippen LogP contribution in [0.3, 0.4) is 0 Å². The molecule has 3 rings (SSSR count). The number of benzene rings is 1. The van der Waals surface area contributed by atoms with Gasteiger partial charge in [-0.3, -0.25) is 0 Å². The van der Waals surface area contributed by atoms with Crippen molar-refractivity contribution in [1.29, 1.82) is 0 Å². The summed E-state index contributed by atoms with van der Waals surface area (Å²) in [6, 6.07) is 7.32. The fraction of sp³-hybridized carbons (Fsp3) is 0.611. The van der Waals surface area contributed by atoms with Crippen LogP contribution < -0.4 is 9.92 Å². The Hall–Kier alpha value is -1.09. The Morgan fingerprint density at radius 1 is 1.14 bits per heavy atom. The Morgan fingerprint density at radius 3 is 2.62 bits per heavy atom. The maximum Gasteiger partial charge on any atom is 0.287 e. The zero-order valence-electron chi connectivity index (χ0n) is 13.9. The molecular formula is C18H28NOSi+. The van der Waals surface area contributed by atoms with Crippen molar-refractivity contribution in [1.82, 2.24) is 0 Å². The summed E-state index contributed by atoms with van der Waals surface area (Å²) in [6.07, 6.45) is 7.78. The number of hydrogen-bond acceptors (Lipinski definition) is 1. The summed E-state index contributed by atoms with van der Waals surface area (Å²) in [5.41, 5.74) is 1.28. The fourth-order valence-electron chi connectivity index (χ4n) is 3.74. The van der Waals surface area contributed by atoms with Crippen LogP contribution in [0.4, 0.5) is 0 Å². The van der Waals surface area contributed by atoms with E-state index >= 15 is 0 Å². The van der Waals surface area contributed by atoms with Crippen molar-refractivity contribution in [3.05, 3.63) is 23.8 Å². The second kappa shape index (κ2) is 5.60. The second-order valence-corrected chi connectivity index (χ2v) is 12.8. The topological polar surface area (TPSA) is 12.2 Å². The van der Waals surface area contributed by atoms with Crippen molar-refractivity contribution < 1.29 is 9.31 Å². The highest BCUT2D eigenvalue weighted by Crippen LogP contribution is 2.28. The van der Waals surface area contributed by atoms with Crippen LogP contribution in [-0.2, 0) is 0 Å². The molecule has 2 unspecified atom stereocenters. The number of fused-ring (bicyclic) bond motifs is 1. The summed E-state index contributed by atoms with van der Waals surface area (Å²) in [4.78, 5) is 0. The van der Waals surface area contributed by atoms with Crippen molar-refractivity contribution in [3.8, 4) is 5.75 Å². The van der Waals surface area contributed by atoms with E-state index in [4.69, 9.17) is 4.74 Å². The third kappa shape index (κ3) is 2.94. The first-order valence-electron chi connectivity index (χ1n) is 8.34. The van der Waals surface area contributed by atoms with Gasteiger partial charge in [0.15, 0.2) is 12.3 Å². The Kier molecular flexibility index (Phi) is 3.95. The maximum atomic E-state index is 6.22. The van der Waals surface area contributed by atoms with Gasteiger partial charge in [0.05, 0.1) is 13.6 Å². The average Bonchev–Trinajstić information content (AvgIpc) is 2.45. The molecule has 1 fully saturated rings. The molecule has 1 heterocycles. The fourth-order valence-corrected chi connectivity index (χ4v) is 5.24. The molecule has 21 heavy (non-hydrogen) atoms.